The number of thiophene rings is 1. The zero-order chi connectivity index (χ0) is 37.5. The maximum Gasteiger partial charge on any atom is 0.238 e. The predicted molar refractivity (Wildman–Crippen MR) is 236 cm³/mol. The number of hydrogen-bond donors (Lipinski definition) is 0. The summed E-state index contributed by atoms with van der Waals surface area (Å²) in [5.41, 5.74) is 10.0. The molecule has 0 aliphatic carbocycles. The van der Waals surface area contributed by atoms with Crippen molar-refractivity contribution in [1.82, 2.24) is 19.5 Å². The van der Waals surface area contributed by atoms with Crippen LogP contribution in [-0.4, -0.2) is 19.5 Å². The Balaban J connectivity index is 1.17. The van der Waals surface area contributed by atoms with Gasteiger partial charge >= 0.3 is 0 Å². The Morgan fingerprint density at radius 1 is 0.404 bits per heavy atom. The maximum atomic E-state index is 6.76. The molecular formula is C51H30N4OS. The van der Waals surface area contributed by atoms with E-state index in [1.165, 1.54) is 31.3 Å². The van der Waals surface area contributed by atoms with Crippen LogP contribution in [0.5, 0.6) is 0 Å². The van der Waals surface area contributed by atoms with Gasteiger partial charge in [-0.1, -0.05) is 158 Å². The Hall–Kier alpha value is -7.41. The van der Waals surface area contributed by atoms with E-state index in [9.17, 15) is 0 Å². The molecule has 0 radical (unpaired) electrons. The Morgan fingerprint density at radius 3 is 1.79 bits per heavy atom. The van der Waals surface area contributed by atoms with E-state index in [2.05, 4.69) is 156 Å². The smallest absolute Gasteiger partial charge is 0.238 e. The van der Waals surface area contributed by atoms with Crippen molar-refractivity contribution in [1.29, 1.82) is 0 Å². The van der Waals surface area contributed by atoms with Gasteiger partial charge in [0.15, 0.2) is 17.2 Å². The maximum absolute atomic E-state index is 6.76. The molecule has 0 saturated heterocycles. The van der Waals surface area contributed by atoms with E-state index >= 15 is 0 Å². The van der Waals surface area contributed by atoms with Crippen LogP contribution < -0.4 is 0 Å². The molecule has 0 atom stereocenters. The molecule has 0 saturated carbocycles. The van der Waals surface area contributed by atoms with E-state index in [1.54, 1.807) is 11.3 Å². The monoisotopic (exact) mass is 746 g/mol. The summed E-state index contributed by atoms with van der Waals surface area (Å²) < 4.78 is 11.4. The second kappa shape index (κ2) is 12.6. The Morgan fingerprint density at radius 2 is 1.00 bits per heavy atom. The number of rotatable bonds is 5. The highest BCUT2D eigenvalue weighted by molar-refractivity contribution is 7.26. The number of nitrogens with zero attached hydrogens (tertiary/aromatic N) is 4. The van der Waals surface area contributed by atoms with Crippen LogP contribution in [0.4, 0.5) is 0 Å². The van der Waals surface area contributed by atoms with Gasteiger partial charge in [-0.15, -0.1) is 11.3 Å². The van der Waals surface area contributed by atoms with Crippen molar-refractivity contribution in [2.75, 3.05) is 0 Å². The first-order valence-corrected chi connectivity index (χ1v) is 19.8. The van der Waals surface area contributed by atoms with Gasteiger partial charge in [-0.2, -0.15) is 9.97 Å². The van der Waals surface area contributed by atoms with E-state index in [-0.39, 0.29) is 0 Å². The fourth-order valence-electron chi connectivity index (χ4n) is 8.51. The lowest BCUT2D eigenvalue weighted by Crippen LogP contribution is -2.07. The molecule has 4 aromatic heterocycles. The largest absolute Gasteiger partial charge is 0.454 e. The fraction of sp³-hybridized carbons (Fsp3) is 0. The third-order valence-electron chi connectivity index (χ3n) is 11.1. The molecule has 5 nitrogen and oxygen atoms in total. The first-order valence-electron chi connectivity index (χ1n) is 19.0. The van der Waals surface area contributed by atoms with Gasteiger partial charge in [-0.05, 0) is 41.0 Å². The van der Waals surface area contributed by atoms with E-state index in [0.29, 0.717) is 17.6 Å². The Labute approximate surface area is 330 Å². The van der Waals surface area contributed by atoms with Gasteiger partial charge in [0, 0.05) is 58.4 Å². The quantitative estimate of drug-likeness (QED) is 0.176. The first kappa shape index (κ1) is 31.9. The van der Waals surface area contributed by atoms with Crippen molar-refractivity contribution in [3.05, 3.63) is 182 Å². The average Bonchev–Trinajstić information content (AvgIpc) is 3.96. The Kier molecular flexibility index (Phi) is 7.03. The molecule has 0 amide bonds. The molecule has 4 heterocycles. The average molecular weight is 747 g/mol. The zero-order valence-electron chi connectivity index (χ0n) is 30.4. The summed E-state index contributed by atoms with van der Waals surface area (Å²) in [6, 6.07) is 63.7. The topological polar surface area (TPSA) is 56.7 Å². The van der Waals surface area contributed by atoms with Gasteiger partial charge in [0.2, 0.25) is 5.95 Å². The number of hydrogen-bond acceptors (Lipinski definition) is 5. The lowest BCUT2D eigenvalue weighted by Gasteiger charge is -2.13. The summed E-state index contributed by atoms with van der Waals surface area (Å²) >= 11 is 1.80. The van der Waals surface area contributed by atoms with Crippen molar-refractivity contribution in [2.24, 2.45) is 0 Å². The van der Waals surface area contributed by atoms with Crippen molar-refractivity contribution >= 4 is 75.3 Å². The zero-order valence-corrected chi connectivity index (χ0v) is 31.2. The van der Waals surface area contributed by atoms with Crippen molar-refractivity contribution in [2.45, 2.75) is 0 Å². The van der Waals surface area contributed by atoms with E-state index in [0.717, 1.165) is 66.0 Å². The predicted octanol–water partition coefficient (Wildman–Crippen LogP) is 13.9. The molecular weight excluding hydrogens is 717 g/mol. The second-order valence-corrected chi connectivity index (χ2v) is 15.4. The minimum Gasteiger partial charge on any atom is -0.454 e. The highest BCUT2D eigenvalue weighted by atomic mass is 32.1. The summed E-state index contributed by atoms with van der Waals surface area (Å²) in [4.78, 5) is 15.9. The highest BCUT2D eigenvalue weighted by Gasteiger charge is 2.24. The van der Waals surface area contributed by atoms with Gasteiger partial charge in [0.25, 0.3) is 0 Å². The third-order valence-corrected chi connectivity index (χ3v) is 12.2. The van der Waals surface area contributed by atoms with Crippen LogP contribution in [0.2, 0.25) is 0 Å². The van der Waals surface area contributed by atoms with Gasteiger partial charge in [0.1, 0.15) is 11.1 Å². The Bertz CT molecular complexity index is 3510. The number of fused-ring (bicyclic) bond motifs is 10. The van der Waals surface area contributed by atoms with Gasteiger partial charge in [-0.3, -0.25) is 4.57 Å². The van der Waals surface area contributed by atoms with Crippen molar-refractivity contribution in [3.63, 3.8) is 0 Å². The SMILES string of the molecule is c1ccc(-c2nc(-c3ccc4c(c3)sc3cccc(-c5ccccc5)c34)nc(-n3c4c(-c5ccccc5)cccc4c4ccc5c6ccccc6oc5c43)n2)cc1. The first-order chi connectivity index (χ1) is 28.3. The molecule has 57 heavy (non-hydrogen) atoms. The molecule has 0 bridgehead atoms. The van der Waals surface area contributed by atoms with Gasteiger partial charge in [0.05, 0.1) is 5.52 Å². The number of para-hydroxylation sites is 2. The lowest BCUT2D eigenvalue weighted by molar-refractivity contribution is 0.670. The summed E-state index contributed by atoms with van der Waals surface area (Å²) in [7, 11) is 0. The van der Waals surface area contributed by atoms with Crippen LogP contribution in [0.25, 0.3) is 115 Å². The molecule has 266 valence electrons. The van der Waals surface area contributed by atoms with Crippen LogP contribution in [0.1, 0.15) is 0 Å². The molecule has 0 N–H and O–H groups in total. The molecule has 12 rings (SSSR count). The van der Waals surface area contributed by atoms with Crippen molar-refractivity contribution < 1.29 is 4.42 Å². The summed E-state index contributed by atoms with van der Waals surface area (Å²) in [6.45, 7) is 0. The van der Waals surface area contributed by atoms with Crippen LogP contribution in [0.15, 0.2) is 186 Å². The molecule has 6 heteroatoms. The minimum absolute atomic E-state index is 0.526. The van der Waals surface area contributed by atoms with Crippen LogP contribution >= 0.6 is 11.3 Å². The van der Waals surface area contributed by atoms with Gasteiger partial charge < -0.3 is 4.42 Å². The molecule has 0 aliphatic heterocycles. The van der Waals surface area contributed by atoms with Crippen LogP contribution in [0, 0.1) is 0 Å². The molecule has 0 spiro atoms. The minimum atomic E-state index is 0.526. The summed E-state index contributed by atoms with van der Waals surface area (Å²) in [5, 5.41) is 6.77. The molecule has 0 fully saturated rings. The number of furan rings is 1. The van der Waals surface area contributed by atoms with Crippen molar-refractivity contribution in [3.8, 4) is 51.0 Å². The van der Waals surface area contributed by atoms with Gasteiger partial charge in [-0.25, -0.2) is 4.98 Å². The standard InChI is InChI=1S/C51H30N4OS/c1-4-14-31(15-5-1)35-21-13-25-43-45(35)41-27-26-34(30-44(41)57-43)50-52-49(33-18-8-3-9-19-33)53-51(54-50)55-46-36(32-16-6-2-7-17-32)22-12-23-38(46)39-28-29-40-37-20-10-11-24-42(37)56-48(40)47(39)55/h1-30H. The number of aromatic nitrogens is 4. The molecule has 12 aromatic rings. The molecule has 0 unspecified atom stereocenters. The van der Waals surface area contributed by atoms with Crippen LogP contribution in [-0.2, 0) is 0 Å². The summed E-state index contributed by atoms with van der Waals surface area (Å²) in [5.74, 6) is 1.73. The molecule has 8 aromatic carbocycles. The lowest BCUT2D eigenvalue weighted by atomic mass is 9.99. The normalized spacial score (nSPS) is 11.9. The summed E-state index contributed by atoms with van der Waals surface area (Å²) in [6.07, 6.45) is 0. The van der Waals surface area contributed by atoms with Crippen LogP contribution in [0.3, 0.4) is 0 Å². The van der Waals surface area contributed by atoms with E-state index in [4.69, 9.17) is 19.4 Å². The number of benzene rings is 8. The third kappa shape index (κ3) is 4.98. The van der Waals surface area contributed by atoms with E-state index < -0.39 is 0 Å². The highest BCUT2D eigenvalue weighted by Crippen LogP contribution is 2.44. The second-order valence-electron chi connectivity index (χ2n) is 14.3. The molecule has 0 aliphatic rings. The fourth-order valence-corrected chi connectivity index (χ4v) is 9.68. The van der Waals surface area contributed by atoms with E-state index in [1.807, 2.05) is 30.3 Å².